The summed E-state index contributed by atoms with van der Waals surface area (Å²) in [6, 6.07) is 33.6. The van der Waals surface area contributed by atoms with Crippen LogP contribution in [0.25, 0.3) is 10.8 Å². The highest BCUT2D eigenvalue weighted by atomic mass is 16.5. The normalized spacial score (nSPS) is 18.0. The Labute approximate surface area is 219 Å². The van der Waals surface area contributed by atoms with Crippen molar-refractivity contribution in [2.45, 2.75) is 31.5 Å². The van der Waals surface area contributed by atoms with Crippen molar-refractivity contribution in [2.75, 3.05) is 20.2 Å². The third-order valence-electron chi connectivity index (χ3n) is 7.33. The standard InChI is InChI=1S/C32H35N3O2/c1-37-29-15-11-24(12-16-29)21-35-31(27-14-13-25-9-5-6-10-26(25)19-27)28-20-30(34-22-28)32(36)33-18-17-23-7-3-2-4-8-23/h2-16,19,28,30-31,34-35H,17-18,20-22H2,1H3,(H,33,36)/t28-,30-,31?/m0/s1. The van der Waals surface area contributed by atoms with Gasteiger partial charge < -0.3 is 20.7 Å². The zero-order valence-corrected chi connectivity index (χ0v) is 21.3. The second-order valence-electron chi connectivity index (χ2n) is 9.80. The molecule has 0 bridgehead atoms. The third-order valence-corrected chi connectivity index (χ3v) is 7.33. The summed E-state index contributed by atoms with van der Waals surface area (Å²) in [6.07, 6.45) is 1.64. The minimum absolute atomic E-state index is 0.0887. The van der Waals surface area contributed by atoms with Gasteiger partial charge in [0, 0.05) is 25.7 Å². The fraction of sp³-hybridized carbons (Fsp3) is 0.281. The molecule has 5 nitrogen and oxygen atoms in total. The molecular weight excluding hydrogens is 458 g/mol. The molecule has 1 fully saturated rings. The zero-order valence-electron chi connectivity index (χ0n) is 21.3. The molecule has 1 aliphatic rings. The fourth-order valence-electron chi connectivity index (χ4n) is 5.24. The quantitative estimate of drug-likeness (QED) is 0.290. The van der Waals surface area contributed by atoms with Crippen LogP contribution in [0.5, 0.6) is 5.75 Å². The van der Waals surface area contributed by atoms with E-state index in [9.17, 15) is 4.79 Å². The van der Waals surface area contributed by atoms with Gasteiger partial charge in [0.15, 0.2) is 0 Å². The van der Waals surface area contributed by atoms with Crippen LogP contribution in [0.2, 0.25) is 0 Å². The smallest absolute Gasteiger partial charge is 0.237 e. The molecule has 5 rings (SSSR count). The highest BCUT2D eigenvalue weighted by Gasteiger charge is 2.34. The van der Waals surface area contributed by atoms with Crippen LogP contribution in [0.4, 0.5) is 0 Å². The first kappa shape index (κ1) is 25.0. The molecule has 1 unspecified atom stereocenters. The Morgan fingerprint density at radius 3 is 2.46 bits per heavy atom. The number of fused-ring (bicyclic) bond motifs is 1. The number of hydrogen-bond acceptors (Lipinski definition) is 4. The molecule has 0 saturated carbocycles. The van der Waals surface area contributed by atoms with Crippen molar-refractivity contribution in [2.24, 2.45) is 5.92 Å². The molecule has 0 spiro atoms. The Balaban J connectivity index is 1.27. The van der Waals surface area contributed by atoms with E-state index in [4.69, 9.17) is 4.74 Å². The summed E-state index contributed by atoms with van der Waals surface area (Å²) in [5.74, 6) is 1.24. The third kappa shape index (κ3) is 6.37. The van der Waals surface area contributed by atoms with Gasteiger partial charge in [0.2, 0.25) is 5.91 Å². The number of amides is 1. The number of benzene rings is 4. The van der Waals surface area contributed by atoms with Crippen LogP contribution >= 0.6 is 0 Å². The number of carbonyl (C=O) groups excluding carboxylic acids is 1. The zero-order chi connectivity index (χ0) is 25.5. The Morgan fingerprint density at radius 1 is 0.919 bits per heavy atom. The summed E-state index contributed by atoms with van der Waals surface area (Å²) in [5, 5.41) is 12.9. The van der Waals surface area contributed by atoms with E-state index in [-0.39, 0.29) is 18.0 Å². The molecule has 1 heterocycles. The summed E-state index contributed by atoms with van der Waals surface area (Å²) < 4.78 is 5.31. The van der Waals surface area contributed by atoms with E-state index in [1.165, 1.54) is 27.5 Å². The Hall–Kier alpha value is -3.67. The topological polar surface area (TPSA) is 62.4 Å². The lowest BCUT2D eigenvalue weighted by Crippen LogP contribution is -2.41. The maximum atomic E-state index is 12.9. The van der Waals surface area contributed by atoms with Crippen LogP contribution in [0, 0.1) is 5.92 Å². The molecule has 0 aromatic heterocycles. The number of rotatable bonds is 10. The molecule has 37 heavy (non-hydrogen) atoms. The largest absolute Gasteiger partial charge is 0.497 e. The summed E-state index contributed by atoms with van der Waals surface area (Å²) in [5.41, 5.74) is 3.69. The lowest BCUT2D eigenvalue weighted by atomic mass is 9.89. The van der Waals surface area contributed by atoms with Crippen molar-refractivity contribution in [3.8, 4) is 5.75 Å². The van der Waals surface area contributed by atoms with Gasteiger partial charge in [-0.3, -0.25) is 4.79 Å². The molecule has 5 heteroatoms. The first-order chi connectivity index (χ1) is 18.2. The first-order valence-electron chi connectivity index (χ1n) is 13.1. The minimum atomic E-state index is -0.175. The first-order valence-corrected chi connectivity index (χ1v) is 13.1. The monoisotopic (exact) mass is 493 g/mol. The van der Waals surface area contributed by atoms with E-state index in [0.29, 0.717) is 12.5 Å². The van der Waals surface area contributed by atoms with E-state index >= 15 is 0 Å². The van der Waals surface area contributed by atoms with Gasteiger partial charge >= 0.3 is 0 Å². The van der Waals surface area contributed by atoms with Gasteiger partial charge in [0.1, 0.15) is 5.75 Å². The summed E-state index contributed by atoms with van der Waals surface area (Å²) in [6.45, 7) is 2.19. The van der Waals surface area contributed by atoms with Crippen molar-refractivity contribution < 1.29 is 9.53 Å². The molecule has 1 amide bonds. The molecular formula is C32H35N3O2. The fourth-order valence-corrected chi connectivity index (χ4v) is 5.24. The second kappa shape index (κ2) is 12.0. The number of ether oxygens (including phenoxy) is 1. The highest BCUT2D eigenvalue weighted by molar-refractivity contribution is 5.83. The average molecular weight is 494 g/mol. The van der Waals surface area contributed by atoms with E-state index in [0.717, 1.165) is 31.7 Å². The Kier molecular flexibility index (Phi) is 8.14. The lowest BCUT2D eigenvalue weighted by Gasteiger charge is -2.26. The predicted octanol–water partition coefficient (Wildman–Crippen LogP) is 5.02. The van der Waals surface area contributed by atoms with Crippen LogP contribution in [-0.2, 0) is 17.8 Å². The maximum Gasteiger partial charge on any atom is 0.237 e. The van der Waals surface area contributed by atoms with Crippen molar-refractivity contribution in [1.29, 1.82) is 0 Å². The van der Waals surface area contributed by atoms with Gasteiger partial charge in [-0.05, 0) is 64.4 Å². The van der Waals surface area contributed by atoms with E-state index < -0.39 is 0 Å². The molecule has 4 aromatic carbocycles. The summed E-state index contributed by atoms with van der Waals surface area (Å²) >= 11 is 0. The van der Waals surface area contributed by atoms with Gasteiger partial charge in [-0.25, -0.2) is 0 Å². The number of nitrogens with one attached hydrogen (secondary N) is 3. The Bertz CT molecular complexity index is 1310. The molecule has 190 valence electrons. The molecule has 3 N–H and O–H groups in total. The minimum Gasteiger partial charge on any atom is -0.497 e. The number of hydrogen-bond donors (Lipinski definition) is 3. The van der Waals surface area contributed by atoms with E-state index in [1.54, 1.807) is 7.11 Å². The summed E-state index contributed by atoms with van der Waals surface area (Å²) in [7, 11) is 1.68. The lowest BCUT2D eigenvalue weighted by molar-refractivity contribution is -0.122. The van der Waals surface area contributed by atoms with Crippen LogP contribution in [0.3, 0.4) is 0 Å². The van der Waals surface area contributed by atoms with E-state index in [2.05, 4.69) is 82.7 Å². The molecule has 1 saturated heterocycles. The summed E-state index contributed by atoms with van der Waals surface area (Å²) in [4.78, 5) is 12.9. The van der Waals surface area contributed by atoms with Crippen LogP contribution < -0.4 is 20.7 Å². The number of methoxy groups -OCH3 is 1. The van der Waals surface area contributed by atoms with Crippen LogP contribution in [0.15, 0.2) is 97.1 Å². The van der Waals surface area contributed by atoms with Crippen molar-refractivity contribution in [3.05, 3.63) is 114 Å². The van der Waals surface area contributed by atoms with Crippen molar-refractivity contribution in [1.82, 2.24) is 16.0 Å². The molecule has 0 aliphatic carbocycles. The Morgan fingerprint density at radius 2 is 1.68 bits per heavy atom. The van der Waals surface area contributed by atoms with Gasteiger partial charge in [-0.15, -0.1) is 0 Å². The highest BCUT2D eigenvalue weighted by Crippen LogP contribution is 2.31. The van der Waals surface area contributed by atoms with Gasteiger partial charge in [0.25, 0.3) is 0 Å². The molecule has 0 radical (unpaired) electrons. The van der Waals surface area contributed by atoms with Crippen LogP contribution in [-0.4, -0.2) is 32.1 Å². The van der Waals surface area contributed by atoms with Gasteiger partial charge in [-0.2, -0.15) is 0 Å². The number of carbonyl (C=O) groups is 1. The van der Waals surface area contributed by atoms with Crippen molar-refractivity contribution in [3.63, 3.8) is 0 Å². The average Bonchev–Trinajstić information content (AvgIpc) is 3.44. The maximum absolute atomic E-state index is 12.9. The van der Waals surface area contributed by atoms with E-state index in [1.807, 2.05) is 30.3 Å². The predicted molar refractivity (Wildman–Crippen MR) is 150 cm³/mol. The van der Waals surface area contributed by atoms with Crippen LogP contribution in [0.1, 0.15) is 29.2 Å². The molecule has 3 atom stereocenters. The van der Waals surface area contributed by atoms with Crippen molar-refractivity contribution >= 4 is 16.7 Å². The molecule has 1 aliphatic heterocycles. The van der Waals surface area contributed by atoms with Gasteiger partial charge in [0.05, 0.1) is 13.2 Å². The second-order valence-corrected chi connectivity index (χ2v) is 9.80. The van der Waals surface area contributed by atoms with Gasteiger partial charge in [-0.1, -0.05) is 78.9 Å². The molecule has 4 aromatic rings. The SMILES string of the molecule is COc1ccc(CNC(c2ccc3ccccc3c2)[C@@H]2CN[C@H](C(=O)NCCc3ccccc3)C2)cc1.